The van der Waals surface area contributed by atoms with E-state index in [0.717, 1.165) is 42.7 Å². The van der Waals surface area contributed by atoms with Crippen molar-refractivity contribution in [2.24, 2.45) is 5.92 Å². The van der Waals surface area contributed by atoms with E-state index >= 15 is 0 Å². The van der Waals surface area contributed by atoms with Gasteiger partial charge >= 0.3 is 0 Å². The highest BCUT2D eigenvalue weighted by molar-refractivity contribution is 6.31. The molecule has 1 aromatic heterocycles. The second kappa shape index (κ2) is 7.84. The molecule has 112 valence electrons. The number of nitrogens with zero attached hydrogens (tertiary/aromatic N) is 2. The van der Waals surface area contributed by atoms with Crippen molar-refractivity contribution >= 4 is 17.4 Å². The van der Waals surface area contributed by atoms with Gasteiger partial charge in [-0.15, -0.1) is 0 Å². The van der Waals surface area contributed by atoms with Crippen LogP contribution in [0.15, 0.2) is 12.1 Å². The zero-order valence-corrected chi connectivity index (χ0v) is 13.4. The third-order valence-corrected chi connectivity index (χ3v) is 4.02. The molecule has 1 aliphatic rings. The average Bonchev–Trinajstić information content (AvgIpc) is 2.69. The summed E-state index contributed by atoms with van der Waals surface area (Å²) in [5.41, 5.74) is 0.967. The van der Waals surface area contributed by atoms with E-state index < -0.39 is 0 Å². The average molecular weight is 296 g/mol. The minimum absolute atomic E-state index is 0.641. The monoisotopic (exact) mass is 295 g/mol. The highest BCUT2D eigenvalue weighted by Gasteiger charge is 2.13. The number of anilines is 1. The van der Waals surface area contributed by atoms with Crippen molar-refractivity contribution in [1.82, 2.24) is 10.3 Å². The van der Waals surface area contributed by atoms with Gasteiger partial charge in [0.1, 0.15) is 5.82 Å². The maximum absolute atomic E-state index is 6.26. The second-order valence-electron chi connectivity index (χ2n) is 6.02. The van der Waals surface area contributed by atoms with Gasteiger partial charge in [0.05, 0.1) is 10.7 Å². The molecule has 20 heavy (non-hydrogen) atoms. The van der Waals surface area contributed by atoms with Gasteiger partial charge in [0.15, 0.2) is 0 Å². The van der Waals surface area contributed by atoms with Crippen molar-refractivity contribution in [2.45, 2.75) is 46.1 Å². The molecule has 0 amide bonds. The first kappa shape index (κ1) is 15.6. The largest absolute Gasteiger partial charge is 0.357 e. The topological polar surface area (TPSA) is 28.2 Å². The van der Waals surface area contributed by atoms with Crippen LogP contribution in [0.5, 0.6) is 0 Å². The molecule has 1 saturated heterocycles. The number of aromatic nitrogens is 1. The van der Waals surface area contributed by atoms with Gasteiger partial charge < -0.3 is 10.2 Å². The molecule has 0 spiro atoms. The summed E-state index contributed by atoms with van der Waals surface area (Å²) < 4.78 is 0. The van der Waals surface area contributed by atoms with Crippen LogP contribution in [0.2, 0.25) is 5.02 Å². The van der Waals surface area contributed by atoms with Gasteiger partial charge in [-0.1, -0.05) is 38.3 Å². The lowest BCUT2D eigenvalue weighted by molar-refractivity contribution is 0.548. The van der Waals surface area contributed by atoms with Crippen LogP contribution in [0, 0.1) is 5.92 Å². The van der Waals surface area contributed by atoms with Crippen molar-refractivity contribution in [3.8, 4) is 0 Å². The molecular formula is C16H26ClN3. The molecule has 0 bridgehead atoms. The molecule has 3 nitrogen and oxygen atoms in total. The molecule has 0 radical (unpaired) electrons. The van der Waals surface area contributed by atoms with E-state index in [1.165, 1.54) is 25.7 Å². The first-order chi connectivity index (χ1) is 9.66. The van der Waals surface area contributed by atoms with Crippen LogP contribution in [0.4, 0.5) is 5.82 Å². The lowest BCUT2D eigenvalue weighted by atomic mass is 10.2. The summed E-state index contributed by atoms with van der Waals surface area (Å²) in [5.74, 6) is 1.72. The zero-order chi connectivity index (χ0) is 14.4. The van der Waals surface area contributed by atoms with Crippen LogP contribution in [0.1, 0.15) is 45.2 Å². The Balaban J connectivity index is 2.02. The van der Waals surface area contributed by atoms with Crippen molar-refractivity contribution in [3.05, 3.63) is 22.8 Å². The van der Waals surface area contributed by atoms with Crippen molar-refractivity contribution in [1.29, 1.82) is 0 Å². The molecule has 0 aromatic carbocycles. The van der Waals surface area contributed by atoms with Crippen LogP contribution in [0.25, 0.3) is 0 Å². The smallest absolute Gasteiger partial charge is 0.128 e. The van der Waals surface area contributed by atoms with Crippen molar-refractivity contribution in [3.63, 3.8) is 0 Å². The number of pyridine rings is 1. The Labute approximate surface area is 127 Å². The molecule has 2 rings (SSSR count). The first-order valence-corrected chi connectivity index (χ1v) is 8.15. The molecule has 0 saturated carbocycles. The van der Waals surface area contributed by atoms with E-state index in [0.29, 0.717) is 5.92 Å². The fourth-order valence-corrected chi connectivity index (χ4v) is 2.72. The predicted molar refractivity (Wildman–Crippen MR) is 86.5 cm³/mol. The van der Waals surface area contributed by atoms with Crippen LogP contribution in [0.3, 0.4) is 0 Å². The van der Waals surface area contributed by atoms with Gasteiger partial charge in [0, 0.05) is 19.6 Å². The summed E-state index contributed by atoms with van der Waals surface area (Å²) in [6.45, 7) is 8.39. The number of rotatable bonds is 5. The van der Waals surface area contributed by atoms with Crippen LogP contribution < -0.4 is 10.2 Å². The summed E-state index contributed by atoms with van der Waals surface area (Å²) in [7, 11) is 0. The lowest BCUT2D eigenvalue weighted by Crippen LogP contribution is -2.26. The number of nitrogens with one attached hydrogen (secondary N) is 1. The van der Waals surface area contributed by atoms with Gasteiger partial charge in [-0.2, -0.15) is 0 Å². The molecule has 4 heteroatoms. The molecule has 0 aliphatic carbocycles. The Hall–Kier alpha value is -0.800. The third-order valence-electron chi connectivity index (χ3n) is 3.68. The summed E-state index contributed by atoms with van der Waals surface area (Å²) >= 11 is 6.26. The van der Waals surface area contributed by atoms with E-state index in [9.17, 15) is 0 Å². The van der Waals surface area contributed by atoms with Gasteiger partial charge in [0.25, 0.3) is 0 Å². The fourth-order valence-electron chi connectivity index (χ4n) is 2.55. The van der Waals surface area contributed by atoms with Crippen molar-refractivity contribution in [2.75, 3.05) is 24.5 Å². The van der Waals surface area contributed by atoms with E-state index in [1.807, 2.05) is 6.07 Å². The van der Waals surface area contributed by atoms with E-state index in [2.05, 4.69) is 30.1 Å². The molecule has 1 aliphatic heterocycles. The summed E-state index contributed by atoms with van der Waals surface area (Å²) in [6.07, 6.45) is 5.22. The van der Waals surface area contributed by atoms with Crippen molar-refractivity contribution < 1.29 is 0 Å². The minimum Gasteiger partial charge on any atom is -0.357 e. The SMILES string of the molecule is CC(C)CNCc1nc(N2CCCCCC2)ccc1Cl. The Morgan fingerprint density at radius 3 is 2.55 bits per heavy atom. The van der Waals surface area contributed by atoms with Gasteiger partial charge in [0.2, 0.25) is 0 Å². The summed E-state index contributed by atoms with van der Waals surface area (Å²) in [5, 5.41) is 4.18. The standard InChI is InChI=1S/C16H26ClN3/c1-13(2)11-18-12-15-14(17)7-8-16(19-15)20-9-5-3-4-6-10-20/h7-8,13,18H,3-6,9-12H2,1-2H3. The molecule has 0 atom stereocenters. The number of hydrogen-bond acceptors (Lipinski definition) is 3. The quantitative estimate of drug-likeness (QED) is 0.894. The van der Waals surface area contributed by atoms with E-state index in [-0.39, 0.29) is 0 Å². The summed E-state index contributed by atoms with van der Waals surface area (Å²) in [6, 6.07) is 4.04. The highest BCUT2D eigenvalue weighted by atomic mass is 35.5. The lowest BCUT2D eigenvalue weighted by Gasteiger charge is -2.22. The zero-order valence-electron chi connectivity index (χ0n) is 12.7. The number of halogens is 1. The molecule has 1 aromatic rings. The van der Waals surface area contributed by atoms with Crippen LogP contribution >= 0.6 is 11.6 Å². The molecule has 0 unspecified atom stereocenters. The van der Waals surface area contributed by atoms with Crippen LogP contribution in [-0.4, -0.2) is 24.6 Å². The first-order valence-electron chi connectivity index (χ1n) is 7.78. The van der Waals surface area contributed by atoms with E-state index in [4.69, 9.17) is 16.6 Å². The maximum Gasteiger partial charge on any atom is 0.128 e. The van der Waals surface area contributed by atoms with Gasteiger partial charge in [-0.25, -0.2) is 4.98 Å². The van der Waals surface area contributed by atoms with Gasteiger partial charge in [-0.3, -0.25) is 0 Å². The maximum atomic E-state index is 6.26. The third kappa shape index (κ3) is 4.64. The predicted octanol–water partition coefficient (Wildman–Crippen LogP) is 3.86. The molecule has 2 heterocycles. The molecule has 1 fully saturated rings. The Morgan fingerprint density at radius 2 is 1.90 bits per heavy atom. The minimum atomic E-state index is 0.641. The molecule has 1 N–H and O–H groups in total. The Kier molecular flexibility index (Phi) is 6.11. The van der Waals surface area contributed by atoms with Gasteiger partial charge in [-0.05, 0) is 37.4 Å². The van der Waals surface area contributed by atoms with E-state index in [1.54, 1.807) is 0 Å². The fraction of sp³-hybridized carbons (Fsp3) is 0.688. The Bertz CT molecular complexity index is 412. The Morgan fingerprint density at radius 1 is 1.20 bits per heavy atom. The highest BCUT2D eigenvalue weighted by Crippen LogP contribution is 2.22. The normalized spacial score (nSPS) is 16.5. The van der Waals surface area contributed by atoms with Crippen LogP contribution in [-0.2, 0) is 6.54 Å². The number of hydrogen-bond donors (Lipinski definition) is 1. The summed E-state index contributed by atoms with van der Waals surface area (Å²) in [4.78, 5) is 7.16. The second-order valence-corrected chi connectivity index (χ2v) is 6.43. The molecular weight excluding hydrogens is 270 g/mol.